The number of amides is 1. The standard InChI is InChI=1S/C26H32N4OS/c31-25(27-21-12-5-6-13-21)18-32-26-29-28-24(30(26)22-14-2-1-3-15-22)17-20-11-8-10-19-9-4-7-16-23(19)20/h4,7-11,16,21-22H,1-3,5-6,12-15,17-18H2,(H,27,31). The molecular formula is C26H32N4OS. The Labute approximate surface area is 194 Å². The third kappa shape index (κ3) is 4.85. The number of hydrogen-bond donors (Lipinski definition) is 1. The summed E-state index contributed by atoms with van der Waals surface area (Å²) in [7, 11) is 0. The van der Waals surface area contributed by atoms with Gasteiger partial charge in [0.1, 0.15) is 5.82 Å². The Balaban J connectivity index is 1.37. The van der Waals surface area contributed by atoms with Crippen molar-refractivity contribution < 1.29 is 4.79 Å². The smallest absolute Gasteiger partial charge is 0.230 e. The molecule has 0 radical (unpaired) electrons. The molecule has 0 aliphatic heterocycles. The Bertz CT molecular complexity index is 1060. The zero-order valence-corrected chi connectivity index (χ0v) is 19.4. The van der Waals surface area contributed by atoms with Crippen molar-refractivity contribution in [3.8, 4) is 0 Å². The monoisotopic (exact) mass is 448 g/mol. The van der Waals surface area contributed by atoms with Gasteiger partial charge in [0.05, 0.1) is 5.75 Å². The lowest BCUT2D eigenvalue weighted by atomic mass is 9.95. The highest BCUT2D eigenvalue weighted by molar-refractivity contribution is 7.99. The van der Waals surface area contributed by atoms with Crippen LogP contribution in [-0.2, 0) is 11.2 Å². The van der Waals surface area contributed by atoms with Gasteiger partial charge in [-0.15, -0.1) is 10.2 Å². The topological polar surface area (TPSA) is 59.8 Å². The first kappa shape index (κ1) is 21.5. The van der Waals surface area contributed by atoms with Crippen LogP contribution < -0.4 is 5.32 Å². The molecule has 0 unspecified atom stereocenters. The summed E-state index contributed by atoms with van der Waals surface area (Å²) in [6, 6.07) is 15.8. The molecule has 1 heterocycles. The molecule has 2 fully saturated rings. The summed E-state index contributed by atoms with van der Waals surface area (Å²) in [6.07, 6.45) is 11.6. The number of nitrogens with zero attached hydrogens (tertiary/aromatic N) is 3. The van der Waals surface area contributed by atoms with Gasteiger partial charge < -0.3 is 9.88 Å². The average molecular weight is 449 g/mol. The molecule has 0 atom stereocenters. The van der Waals surface area contributed by atoms with E-state index in [4.69, 9.17) is 0 Å². The van der Waals surface area contributed by atoms with E-state index in [1.807, 2.05) is 0 Å². The second-order valence-electron chi connectivity index (χ2n) is 9.21. The molecule has 0 bridgehead atoms. The summed E-state index contributed by atoms with van der Waals surface area (Å²) >= 11 is 1.54. The Hall–Kier alpha value is -2.34. The van der Waals surface area contributed by atoms with Crippen LogP contribution in [0, 0.1) is 0 Å². The zero-order valence-electron chi connectivity index (χ0n) is 18.6. The van der Waals surface area contributed by atoms with E-state index in [-0.39, 0.29) is 5.91 Å². The normalized spacial score (nSPS) is 17.8. The first-order valence-electron chi connectivity index (χ1n) is 12.1. The van der Waals surface area contributed by atoms with Crippen LogP contribution >= 0.6 is 11.8 Å². The number of nitrogens with one attached hydrogen (secondary N) is 1. The molecule has 0 saturated heterocycles. The van der Waals surface area contributed by atoms with Crippen LogP contribution in [0.3, 0.4) is 0 Å². The SMILES string of the molecule is O=C(CSc1nnc(Cc2cccc3ccccc23)n1C1CCCCC1)NC1CCCC1. The van der Waals surface area contributed by atoms with Crippen molar-refractivity contribution in [3.63, 3.8) is 0 Å². The van der Waals surface area contributed by atoms with E-state index in [9.17, 15) is 4.79 Å². The number of thioether (sulfide) groups is 1. The fraction of sp³-hybridized carbons (Fsp3) is 0.500. The molecule has 32 heavy (non-hydrogen) atoms. The van der Waals surface area contributed by atoms with E-state index in [1.165, 1.54) is 61.3 Å². The average Bonchev–Trinajstić information content (AvgIpc) is 3.48. The van der Waals surface area contributed by atoms with Gasteiger partial charge >= 0.3 is 0 Å². The van der Waals surface area contributed by atoms with Gasteiger partial charge in [0.15, 0.2) is 5.16 Å². The Morgan fingerprint density at radius 1 is 0.938 bits per heavy atom. The van der Waals surface area contributed by atoms with Crippen molar-refractivity contribution in [2.24, 2.45) is 0 Å². The van der Waals surface area contributed by atoms with E-state index in [0.29, 0.717) is 17.8 Å². The largest absolute Gasteiger partial charge is 0.353 e. The molecule has 3 aromatic rings. The second-order valence-corrected chi connectivity index (χ2v) is 10.2. The zero-order chi connectivity index (χ0) is 21.8. The van der Waals surface area contributed by atoms with Crippen LogP contribution in [0.5, 0.6) is 0 Å². The molecule has 2 saturated carbocycles. The predicted molar refractivity (Wildman–Crippen MR) is 130 cm³/mol. The van der Waals surface area contributed by atoms with Crippen molar-refractivity contribution in [2.45, 2.75) is 81.4 Å². The minimum absolute atomic E-state index is 0.121. The van der Waals surface area contributed by atoms with Crippen LogP contribution in [0.25, 0.3) is 10.8 Å². The molecule has 6 heteroatoms. The molecule has 2 aliphatic carbocycles. The van der Waals surface area contributed by atoms with Crippen LogP contribution in [-0.4, -0.2) is 32.5 Å². The summed E-state index contributed by atoms with van der Waals surface area (Å²) in [4.78, 5) is 12.5. The van der Waals surface area contributed by atoms with E-state index < -0.39 is 0 Å². The van der Waals surface area contributed by atoms with Crippen LogP contribution in [0.4, 0.5) is 0 Å². The van der Waals surface area contributed by atoms with Crippen LogP contribution in [0.1, 0.15) is 75.2 Å². The molecule has 2 aliphatic rings. The van der Waals surface area contributed by atoms with E-state index in [0.717, 1.165) is 30.2 Å². The van der Waals surface area contributed by atoms with E-state index in [1.54, 1.807) is 11.8 Å². The van der Waals surface area contributed by atoms with E-state index >= 15 is 0 Å². The lowest BCUT2D eigenvalue weighted by molar-refractivity contribution is -0.119. The predicted octanol–water partition coefficient (Wildman–Crippen LogP) is 5.68. The maximum atomic E-state index is 12.5. The number of hydrogen-bond acceptors (Lipinski definition) is 4. The summed E-state index contributed by atoms with van der Waals surface area (Å²) in [6.45, 7) is 0. The Morgan fingerprint density at radius 3 is 2.53 bits per heavy atom. The van der Waals surface area contributed by atoms with Gasteiger partial charge in [-0.3, -0.25) is 4.79 Å². The van der Waals surface area contributed by atoms with Crippen molar-refractivity contribution in [1.29, 1.82) is 0 Å². The van der Waals surface area contributed by atoms with Gasteiger partial charge in [0.2, 0.25) is 5.91 Å². The summed E-state index contributed by atoms with van der Waals surface area (Å²) in [5.41, 5.74) is 1.28. The fourth-order valence-corrected chi connectivity index (χ4v) is 6.15. The third-order valence-corrected chi connectivity index (χ3v) is 7.90. The van der Waals surface area contributed by atoms with Gasteiger partial charge in [0, 0.05) is 18.5 Å². The highest BCUT2D eigenvalue weighted by atomic mass is 32.2. The number of fused-ring (bicyclic) bond motifs is 1. The highest BCUT2D eigenvalue weighted by Crippen LogP contribution is 2.34. The highest BCUT2D eigenvalue weighted by Gasteiger charge is 2.24. The number of rotatable bonds is 7. The second kappa shape index (κ2) is 10.1. The van der Waals surface area contributed by atoms with Crippen molar-refractivity contribution in [2.75, 3.05) is 5.75 Å². The van der Waals surface area contributed by atoms with Crippen molar-refractivity contribution >= 4 is 28.4 Å². The van der Waals surface area contributed by atoms with Gasteiger partial charge in [-0.1, -0.05) is 86.3 Å². The van der Waals surface area contributed by atoms with Crippen LogP contribution in [0.15, 0.2) is 47.6 Å². The van der Waals surface area contributed by atoms with Crippen molar-refractivity contribution in [1.82, 2.24) is 20.1 Å². The first-order chi connectivity index (χ1) is 15.8. The minimum atomic E-state index is 0.121. The van der Waals surface area contributed by atoms with E-state index in [2.05, 4.69) is 62.5 Å². The van der Waals surface area contributed by atoms with Crippen molar-refractivity contribution in [3.05, 3.63) is 53.9 Å². The maximum Gasteiger partial charge on any atom is 0.230 e. The molecule has 168 valence electrons. The lowest BCUT2D eigenvalue weighted by Gasteiger charge is -2.25. The van der Waals surface area contributed by atoms with Crippen LogP contribution in [0.2, 0.25) is 0 Å². The van der Waals surface area contributed by atoms with Gasteiger partial charge in [0.25, 0.3) is 0 Å². The maximum absolute atomic E-state index is 12.5. The summed E-state index contributed by atoms with van der Waals surface area (Å²) in [5.74, 6) is 1.55. The molecule has 0 spiro atoms. The molecule has 5 nitrogen and oxygen atoms in total. The van der Waals surface area contributed by atoms with Gasteiger partial charge in [-0.2, -0.15) is 0 Å². The summed E-state index contributed by atoms with van der Waals surface area (Å²) in [5, 5.41) is 15.8. The molecular weight excluding hydrogens is 416 g/mol. The molecule has 1 N–H and O–H groups in total. The molecule has 2 aromatic carbocycles. The minimum Gasteiger partial charge on any atom is -0.353 e. The number of benzene rings is 2. The third-order valence-electron chi connectivity index (χ3n) is 6.96. The first-order valence-corrected chi connectivity index (χ1v) is 13.1. The Morgan fingerprint density at radius 2 is 1.69 bits per heavy atom. The molecule has 5 rings (SSSR count). The number of carbonyl (C=O) groups is 1. The summed E-state index contributed by atoms with van der Waals surface area (Å²) < 4.78 is 2.36. The quantitative estimate of drug-likeness (QED) is 0.473. The number of carbonyl (C=O) groups excluding carboxylic acids is 1. The lowest BCUT2D eigenvalue weighted by Crippen LogP contribution is -2.33. The Kier molecular flexibility index (Phi) is 6.77. The molecule has 1 amide bonds. The fourth-order valence-electron chi connectivity index (χ4n) is 5.32. The van der Waals surface area contributed by atoms with Gasteiger partial charge in [-0.25, -0.2) is 0 Å². The number of aromatic nitrogens is 3. The molecule has 1 aromatic heterocycles. The van der Waals surface area contributed by atoms with Gasteiger partial charge in [-0.05, 0) is 42.0 Å².